The van der Waals surface area contributed by atoms with Gasteiger partial charge in [0.2, 0.25) is 0 Å². The molecule has 2 atom stereocenters. The minimum Gasteiger partial charge on any atom is -0.396 e. The molecule has 0 amide bonds. The Labute approximate surface area is 75.5 Å². The SMILES string of the molecule is C=CC1CCCCC1CCCO. The molecule has 0 aromatic carbocycles. The first-order chi connectivity index (χ1) is 5.88. The molecule has 1 saturated carbocycles. The zero-order valence-electron chi connectivity index (χ0n) is 7.84. The van der Waals surface area contributed by atoms with E-state index in [1.807, 2.05) is 0 Å². The van der Waals surface area contributed by atoms with E-state index in [-0.39, 0.29) is 0 Å². The third kappa shape index (κ3) is 2.63. The van der Waals surface area contributed by atoms with Gasteiger partial charge in [0.05, 0.1) is 0 Å². The van der Waals surface area contributed by atoms with Crippen LogP contribution in [0, 0.1) is 11.8 Å². The van der Waals surface area contributed by atoms with Crippen LogP contribution in [0.4, 0.5) is 0 Å². The standard InChI is InChI=1S/C11H20O/c1-2-10-6-3-4-7-11(10)8-5-9-12/h2,10-12H,1,3-9H2. The van der Waals surface area contributed by atoms with E-state index >= 15 is 0 Å². The molecule has 0 saturated heterocycles. The van der Waals surface area contributed by atoms with Gasteiger partial charge in [-0.3, -0.25) is 0 Å². The molecule has 1 aliphatic rings. The van der Waals surface area contributed by atoms with Crippen molar-refractivity contribution < 1.29 is 5.11 Å². The Morgan fingerprint density at radius 2 is 2.08 bits per heavy atom. The van der Waals surface area contributed by atoms with Gasteiger partial charge in [-0.1, -0.05) is 18.9 Å². The van der Waals surface area contributed by atoms with Crippen LogP contribution in [0.25, 0.3) is 0 Å². The summed E-state index contributed by atoms with van der Waals surface area (Å²) in [4.78, 5) is 0. The molecule has 1 rings (SSSR count). The van der Waals surface area contributed by atoms with E-state index in [2.05, 4.69) is 12.7 Å². The Hall–Kier alpha value is -0.300. The predicted octanol–water partition coefficient (Wildman–Crippen LogP) is 2.75. The van der Waals surface area contributed by atoms with Gasteiger partial charge in [0.15, 0.2) is 0 Å². The van der Waals surface area contributed by atoms with Crippen molar-refractivity contribution in [2.24, 2.45) is 11.8 Å². The lowest BCUT2D eigenvalue weighted by molar-refractivity contribution is 0.226. The maximum atomic E-state index is 8.73. The Morgan fingerprint density at radius 1 is 1.33 bits per heavy atom. The van der Waals surface area contributed by atoms with E-state index in [4.69, 9.17) is 5.11 Å². The average molecular weight is 168 g/mol. The van der Waals surface area contributed by atoms with Crippen molar-refractivity contribution in [3.63, 3.8) is 0 Å². The summed E-state index contributed by atoms with van der Waals surface area (Å²) in [6, 6.07) is 0. The van der Waals surface area contributed by atoms with Crippen molar-refractivity contribution in [2.45, 2.75) is 38.5 Å². The van der Waals surface area contributed by atoms with Crippen LogP contribution < -0.4 is 0 Å². The molecule has 0 spiro atoms. The normalized spacial score (nSPS) is 30.1. The summed E-state index contributed by atoms with van der Waals surface area (Å²) >= 11 is 0. The van der Waals surface area contributed by atoms with Gasteiger partial charge in [0.1, 0.15) is 0 Å². The number of allylic oxidation sites excluding steroid dienone is 1. The topological polar surface area (TPSA) is 20.2 Å². The van der Waals surface area contributed by atoms with Crippen molar-refractivity contribution in [1.29, 1.82) is 0 Å². The second kappa shape index (κ2) is 5.36. The molecular formula is C11H20O. The fourth-order valence-electron chi connectivity index (χ4n) is 2.26. The molecule has 0 radical (unpaired) electrons. The van der Waals surface area contributed by atoms with Crippen molar-refractivity contribution >= 4 is 0 Å². The fraction of sp³-hybridized carbons (Fsp3) is 0.818. The van der Waals surface area contributed by atoms with Crippen molar-refractivity contribution in [2.75, 3.05) is 6.61 Å². The van der Waals surface area contributed by atoms with Gasteiger partial charge >= 0.3 is 0 Å². The number of hydrogen-bond acceptors (Lipinski definition) is 1. The quantitative estimate of drug-likeness (QED) is 0.640. The van der Waals surface area contributed by atoms with E-state index in [9.17, 15) is 0 Å². The maximum Gasteiger partial charge on any atom is 0.0431 e. The van der Waals surface area contributed by atoms with Gasteiger partial charge in [-0.2, -0.15) is 0 Å². The Kier molecular flexibility index (Phi) is 4.37. The smallest absolute Gasteiger partial charge is 0.0431 e. The summed E-state index contributed by atoms with van der Waals surface area (Å²) in [5.74, 6) is 1.54. The summed E-state index contributed by atoms with van der Waals surface area (Å²) in [5, 5.41) is 8.73. The van der Waals surface area contributed by atoms with Gasteiger partial charge < -0.3 is 5.11 Å². The highest BCUT2D eigenvalue weighted by Crippen LogP contribution is 2.33. The third-order valence-electron chi connectivity index (χ3n) is 3.00. The van der Waals surface area contributed by atoms with Gasteiger partial charge in [-0.15, -0.1) is 6.58 Å². The van der Waals surface area contributed by atoms with Crippen LogP contribution in [0.15, 0.2) is 12.7 Å². The summed E-state index contributed by atoms with van der Waals surface area (Å²) in [5.41, 5.74) is 0. The maximum absolute atomic E-state index is 8.73. The number of aliphatic hydroxyl groups is 1. The van der Waals surface area contributed by atoms with Crippen molar-refractivity contribution in [1.82, 2.24) is 0 Å². The van der Waals surface area contributed by atoms with Crippen LogP contribution in [0.5, 0.6) is 0 Å². The van der Waals surface area contributed by atoms with E-state index in [0.29, 0.717) is 6.61 Å². The predicted molar refractivity (Wildman–Crippen MR) is 52.0 cm³/mol. The highest BCUT2D eigenvalue weighted by atomic mass is 16.2. The Bertz CT molecular complexity index is 131. The molecule has 12 heavy (non-hydrogen) atoms. The lowest BCUT2D eigenvalue weighted by atomic mass is 9.77. The number of aliphatic hydroxyl groups excluding tert-OH is 1. The third-order valence-corrected chi connectivity index (χ3v) is 3.00. The first kappa shape index (κ1) is 9.79. The summed E-state index contributed by atoms with van der Waals surface area (Å²) in [6.45, 7) is 4.23. The van der Waals surface area contributed by atoms with E-state index in [1.54, 1.807) is 0 Å². The Morgan fingerprint density at radius 3 is 2.75 bits per heavy atom. The highest BCUT2D eigenvalue weighted by molar-refractivity contribution is 4.87. The molecule has 1 aliphatic carbocycles. The summed E-state index contributed by atoms with van der Waals surface area (Å²) in [6.07, 6.45) is 9.67. The van der Waals surface area contributed by atoms with Crippen molar-refractivity contribution in [3.8, 4) is 0 Å². The molecule has 0 bridgehead atoms. The molecule has 1 heteroatoms. The largest absolute Gasteiger partial charge is 0.396 e. The Balaban J connectivity index is 2.31. The molecule has 0 heterocycles. The average Bonchev–Trinajstić information content (AvgIpc) is 2.15. The molecule has 70 valence electrons. The van der Waals surface area contributed by atoms with Crippen LogP contribution in [0.1, 0.15) is 38.5 Å². The van der Waals surface area contributed by atoms with Crippen molar-refractivity contribution in [3.05, 3.63) is 12.7 Å². The van der Waals surface area contributed by atoms with Gasteiger partial charge in [-0.05, 0) is 37.5 Å². The molecule has 1 N–H and O–H groups in total. The summed E-state index contributed by atoms with van der Waals surface area (Å²) in [7, 11) is 0. The van der Waals surface area contributed by atoms with Crippen LogP contribution in [-0.4, -0.2) is 11.7 Å². The van der Waals surface area contributed by atoms with E-state index < -0.39 is 0 Å². The summed E-state index contributed by atoms with van der Waals surface area (Å²) < 4.78 is 0. The molecule has 1 fully saturated rings. The van der Waals surface area contributed by atoms with Crippen LogP contribution in [0.3, 0.4) is 0 Å². The second-order valence-electron chi connectivity index (χ2n) is 3.81. The van der Waals surface area contributed by atoms with Gasteiger partial charge in [0.25, 0.3) is 0 Å². The molecule has 2 unspecified atom stereocenters. The lowest BCUT2D eigenvalue weighted by Crippen LogP contribution is -2.17. The van der Waals surface area contributed by atoms with E-state index in [0.717, 1.165) is 18.3 Å². The fourth-order valence-corrected chi connectivity index (χ4v) is 2.26. The van der Waals surface area contributed by atoms with Crippen LogP contribution in [-0.2, 0) is 0 Å². The number of rotatable bonds is 4. The minimum atomic E-state index is 0.348. The van der Waals surface area contributed by atoms with Gasteiger partial charge in [0, 0.05) is 6.61 Å². The first-order valence-corrected chi connectivity index (χ1v) is 5.12. The number of hydrogen-bond donors (Lipinski definition) is 1. The second-order valence-corrected chi connectivity index (χ2v) is 3.81. The minimum absolute atomic E-state index is 0.348. The monoisotopic (exact) mass is 168 g/mol. The van der Waals surface area contributed by atoms with Crippen LogP contribution in [0.2, 0.25) is 0 Å². The van der Waals surface area contributed by atoms with Crippen LogP contribution >= 0.6 is 0 Å². The zero-order valence-corrected chi connectivity index (χ0v) is 7.84. The van der Waals surface area contributed by atoms with Gasteiger partial charge in [-0.25, -0.2) is 0 Å². The zero-order chi connectivity index (χ0) is 8.81. The molecule has 0 aliphatic heterocycles. The lowest BCUT2D eigenvalue weighted by Gasteiger charge is -2.29. The highest BCUT2D eigenvalue weighted by Gasteiger charge is 2.21. The molecular weight excluding hydrogens is 148 g/mol. The first-order valence-electron chi connectivity index (χ1n) is 5.12. The van der Waals surface area contributed by atoms with E-state index in [1.165, 1.54) is 32.1 Å². The molecule has 0 aromatic rings. The molecule has 1 nitrogen and oxygen atoms in total. The molecule has 0 aromatic heterocycles.